The van der Waals surface area contributed by atoms with Gasteiger partial charge in [0.25, 0.3) is 5.91 Å². The topological polar surface area (TPSA) is 41.6 Å². The Bertz CT molecular complexity index is 436. The summed E-state index contributed by atoms with van der Waals surface area (Å²) in [6.45, 7) is 1.63. The van der Waals surface area contributed by atoms with Crippen LogP contribution in [0.4, 0.5) is 0 Å². The van der Waals surface area contributed by atoms with Crippen LogP contribution in [0.1, 0.15) is 22.5 Å². The summed E-state index contributed by atoms with van der Waals surface area (Å²) in [6.07, 6.45) is 2.19. The van der Waals surface area contributed by atoms with E-state index in [1.165, 1.54) is 11.3 Å². The highest BCUT2D eigenvalue weighted by molar-refractivity contribution is 9.11. The molecule has 1 N–H and O–H groups in total. The second-order valence-electron chi connectivity index (χ2n) is 4.33. The molecule has 1 unspecified atom stereocenters. The summed E-state index contributed by atoms with van der Waals surface area (Å²) in [6, 6.07) is 2.22. The number of likely N-dealkylation sites (N-methyl/N-ethyl adjacent to an activating group) is 1. The Hall–Kier alpha value is -0.590. The molecular formula is C12H17BrN2O2S. The van der Waals surface area contributed by atoms with Crippen LogP contribution in [0.5, 0.6) is 5.75 Å². The fourth-order valence-corrected chi connectivity index (χ4v) is 3.77. The van der Waals surface area contributed by atoms with E-state index in [0.29, 0.717) is 6.04 Å². The molecule has 0 saturated carbocycles. The maximum absolute atomic E-state index is 12.4. The zero-order valence-electron chi connectivity index (χ0n) is 10.5. The number of rotatable bonds is 3. The molecule has 1 amide bonds. The summed E-state index contributed by atoms with van der Waals surface area (Å²) in [5, 5.41) is 3.24. The van der Waals surface area contributed by atoms with E-state index >= 15 is 0 Å². The second kappa shape index (κ2) is 6.04. The van der Waals surface area contributed by atoms with Gasteiger partial charge in [0.2, 0.25) is 0 Å². The molecule has 0 aliphatic carbocycles. The molecule has 0 bridgehead atoms. The van der Waals surface area contributed by atoms with Crippen LogP contribution in [0.2, 0.25) is 0 Å². The number of thiophene rings is 1. The van der Waals surface area contributed by atoms with Crippen molar-refractivity contribution in [2.45, 2.75) is 18.9 Å². The van der Waals surface area contributed by atoms with Crippen LogP contribution in [0, 0.1) is 0 Å². The van der Waals surface area contributed by atoms with E-state index in [1.807, 2.05) is 11.9 Å². The van der Waals surface area contributed by atoms with Gasteiger partial charge < -0.3 is 15.0 Å². The monoisotopic (exact) mass is 332 g/mol. The van der Waals surface area contributed by atoms with Crippen molar-refractivity contribution in [1.82, 2.24) is 10.2 Å². The van der Waals surface area contributed by atoms with Crippen LogP contribution in [-0.4, -0.2) is 44.1 Å². The number of hydrogen-bond acceptors (Lipinski definition) is 4. The number of carbonyl (C=O) groups excluding carboxylic acids is 1. The van der Waals surface area contributed by atoms with Gasteiger partial charge in [-0.15, -0.1) is 11.3 Å². The fourth-order valence-electron chi connectivity index (χ4n) is 2.15. The first-order valence-electron chi connectivity index (χ1n) is 5.95. The Morgan fingerprint density at radius 2 is 2.44 bits per heavy atom. The molecule has 18 heavy (non-hydrogen) atoms. The number of nitrogens with zero attached hydrogens (tertiary/aromatic N) is 1. The zero-order chi connectivity index (χ0) is 13.1. The van der Waals surface area contributed by atoms with Crippen molar-refractivity contribution >= 4 is 33.2 Å². The van der Waals surface area contributed by atoms with E-state index in [-0.39, 0.29) is 5.91 Å². The molecule has 100 valence electrons. The lowest BCUT2D eigenvalue weighted by Gasteiger charge is -2.32. The van der Waals surface area contributed by atoms with E-state index in [4.69, 9.17) is 4.74 Å². The lowest BCUT2D eigenvalue weighted by molar-refractivity contribution is 0.0703. The van der Waals surface area contributed by atoms with Gasteiger partial charge >= 0.3 is 0 Å². The molecular weight excluding hydrogens is 316 g/mol. The Balaban J connectivity index is 2.10. The van der Waals surface area contributed by atoms with Crippen LogP contribution in [0.15, 0.2) is 9.85 Å². The van der Waals surface area contributed by atoms with E-state index in [0.717, 1.165) is 40.3 Å². The largest absolute Gasteiger partial charge is 0.495 e. The van der Waals surface area contributed by atoms with Gasteiger partial charge in [0.05, 0.1) is 12.0 Å². The number of nitrogens with one attached hydrogen (secondary N) is 1. The third-order valence-corrected chi connectivity index (χ3v) is 4.97. The molecule has 1 fully saturated rings. The van der Waals surface area contributed by atoms with Gasteiger partial charge in [-0.3, -0.25) is 4.79 Å². The molecule has 6 heteroatoms. The molecule has 0 aromatic carbocycles. The maximum atomic E-state index is 12.4. The SMILES string of the molecule is CNC1CCCN(C(=O)c2cc(OC)c(Br)s2)C1. The minimum absolute atomic E-state index is 0.101. The third-order valence-electron chi connectivity index (χ3n) is 3.20. The highest BCUT2D eigenvalue weighted by atomic mass is 79.9. The van der Waals surface area contributed by atoms with Gasteiger partial charge in [0.1, 0.15) is 9.54 Å². The molecule has 1 atom stereocenters. The third kappa shape index (κ3) is 2.87. The van der Waals surface area contributed by atoms with Crippen molar-refractivity contribution in [3.63, 3.8) is 0 Å². The molecule has 1 aromatic heterocycles. The molecule has 4 nitrogen and oxygen atoms in total. The number of ether oxygens (including phenoxy) is 1. The summed E-state index contributed by atoms with van der Waals surface area (Å²) < 4.78 is 6.06. The molecule has 1 saturated heterocycles. The standard InChI is InChI=1S/C12H17BrN2O2S/c1-14-8-4-3-5-15(7-8)12(16)10-6-9(17-2)11(13)18-10/h6,8,14H,3-5,7H2,1-2H3. The highest BCUT2D eigenvalue weighted by Crippen LogP contribution is 2.35. The minimum atomic E-state index is 0.101. The Kier molecular flexibility index (Phi) is 4.64. The smallest absolute Gasteiger partial charge is 0.264 e. The van der Waals surface area contributed by atoms with Crippen LogP contribution in [-0.2, 0) is 0 Å². The molecule has 1 aromatic rings. The Labute approximate surface area is 119 Å². The Morgan fingerprint density at radius 3 is 3.06 bits per heavy atom. The van der Waals surface area contributed by atoms with Gasteiger partial charge in [0, 0.05) is 25.2 Å². The van der Waals surface area contributed by atoms with Gasteiger partial charge in [-0.25, -0.2) is 0 Å². The van der Waals surface area contributed by atoms with E-state index in [1.54, 1.807) is 13.2 Å². The number of halogens is 1. The summed E-state index contributed by atoms with van der Waals surface area (Å²) >= 11 is 4.84. The van der Waals surface area contributed by atoms with E-state index in [2.05, 4.69) is 21.2 Å². The number of methoxy groups -OCH3 is 1. The number of likely N-dealkylation sites (tertiary alicyclic amines) is 1. The van der Waals surface area contributed by atoms with Crippen LogP contribution in [0.25, 0.3) is 0 Å². The summed E-state index contributed by atoms with van der Waals surface area (Å²) in [5.41, 5.74) is 0. The van der Waals surface area contributed by atoms with E-state index in [9.17, 15) is 4.79 Å². The van der Waals surface area contributed by atoms with Crippen molar-refractivity contribution in [1.29, 1.82) is 0 Å². The summed E-state index contributed by atoms with van der Waals surface area (Å²) in [4.78, 5) is 15.0. The Morgan fingerprint density at radius 1 is 1.67 bits per heavy atom. The lowest BCUT2D eigenvalue weighted by Crippen LogP contribution is -2.46. The first-order valence-corrected chi connectivity index (χ1v) is 7.56. The van der Waals surface area contributed by atoms with Crippen molar-refractivity contribution in [3.8, 4) is 5.75 Å². The maximum Gasteiger partial charge on any atom is 0.264 e. The molecule has 2 heterocycles. The van der Waals surface area contributed by atoms with Crippen LogP contribution < -0.4 is 10.1 Å². The second-order valence-corrected chi connectivity index (χ2v) is 6.70. The molecule has 0 spiro atoms. The summed E-state index contributed by atoms with van der Waals surface area (Å²) in [7, 11) is 3.56. The first-order chi connectivity index (χ1) is 8.65. The van der Waals surface area contributed by atoms with Gasteiger partial charge in [0.15, 0.2) is 0 Å². The number of hydrogen-bond donors (Lipinski definition) is 1. The van der Waals surface area contributed by atoms with Gasteiger partial charge in [-0.1, -0.05) is 0 Å². The molecule has 1 aliphatic heterocycles. The quantitative estimate of drug-likeness (QED) is 0.923. The average molecular weight is 333 g/mol. The number of amides is 1. The van der Waals surface area contributed by atoms with Crippen molar-refractivity contribution < 1.29 is 9.53 Å². The predicted molar refractivity (Wildman–Crippen MR) is 76.6 cm³/mol. The lowest BCUT2D eigenvalue weighted by atomic mass is 10.1. The minimum Gasteiger partial charge on any atom is -0.495 e. The first kappa shape index (κ1) is 13.8. The predicted octanol–water partition coefficient (Wildman–Crippen LogP) is 2.34. The van der Waals surface area contributed by atoms with Crippen LogP contribution in [0.3, 0.4) is 0 Å². The van der Waals surface area contributed by atoms with Gasteiger partial charge in [-0.05, 0) is 35.8 Å². The highest BCUT2D eigenvalue weighted by Gasteiger charge is 2.25. The molecule has 1 aliphatic rings. The fraction of sp³-hybridized carbons (Fsp3) is 0.583. The van der Waals surface area contributed by atoms with E-state index < -0.39 is 0 Å². The summed E-state index contributed by atoms with van der Waals surface area (Å²) in [5.74, 6) is 0.828. The van der Waals surface area contributed by atoms with Crippen molar-refractivity contribution in [2.75, 3.05) is 27.2 Å². The average Bonchev–Trinajstić information content (AvgIpc) is 2.79. The number of piperidine rings is 1. The number of carbonyl (C=O) groups is 1. The van der Waals surface area contributed by atoms with Crippen molar-refractivity contribution in [2.24, 2.45) is 0 Å². The molecule has 0 radical (unpaired) electrons. The zero-order valence-corrected chi connectivity index (χ0v) is 12.9. The normalized spacial score (nSPS) is 19.9. The van der Waals surface area contributed by atoms with Crippen LogP contribution >= 0.6 is 27.3 Å². The van der Waals surface area contributed by atoms with Crippen molar-refractivity contribution in [3.05, 3.63) is 14.7 Å². The molecule has 2 rings (SSSR count). The van der Waals surface area contributed by atoms with Gasteiger partial charge in [-0.2, -0.15) is 0 Å².